The van der Waals surface area contributed by atoms with Crippen molar-refractivity contribution in [3.63, 3.8) is 0 Å². The van der Waals surface area contributed by atoms with Crippen molar-refractivity contribution in [1.82, 2.24) is 9.47 Å². The van der Waals surface area contributed by atoms with Gasteiger partial charge in [-0.05, 0) is 43.2 Å². The Balaban J connectivity index is 1.57. The van der Waals surface area contributed by atoms with Crippen LogP contribution in [0.3, 0.4) is 0 Å². The maximum Gasteiger partial charge on any atom is 0.225 e. The van der Waals surface area contributed by atoms with Crippen LogP contribution in [0.1, 0.15) is 37.8 Å². The van der Waals surface area contributed by atoms with Crippen LogP contribution in [-0.2, 0) is 17.8 Å². The van der Waals surface area contributed by atoms with Crippen molar-refractivity contribution >= 4 is 16.8 Å². The molecule has 2 aromatic rings. The van der Waals surface area contributed by atoms with Gasteiger partial charge >= 0.3 is 0 Å². The molecule has 116 valence electrons. The highest BCUT2D eigenvalue weighted by Gasteiger charge is 2.31. The van der Waals surface area contributed by atoms with Gasteiger partial charge in [0.1, 0.15) is 0 Å². The van der Waals surface area contributed by atoms with E-state index in [0.717, 1.165) is 32.2 Å². The molecule has 4 rings (SSSR count). The lowest BCUT2D eigenvalue weighted by Crippen LogP contribution is -2.44. The summed E-state index contributed by atoms with van der Waals surface area (Å²) in [4.78, 5) is 14.7. The summed E-state index contributed by atoms with van der Waals surface area (Å²) in [5, 5.41) is 1.32. The van der Waals surface area contributed by atoms with Crippen LogP contribution in [0.25, 0.3) is 10.9 Å². The third-order valence-corrected chi connectivity index (χ3v) is 5.62. The fourth-order valence-corrected chi connectivity index (χ4v) is 4.26. The molecule has 1 atom stereocenters. The first kappa shape index (κ1) is 13.9. The molecule has 0 radical (unpaired) electrons. The number of amides is 1. The molecular formula is C19H24N2O. The normalized spacial score (nSPS) is 22.0. The average molecular weight is 296 g/mol. The number of hydrogen-bond acceptors (Lipinski definition) is 1. The molecule has 2 heterocycles. The largest absolute Gasteiger partial charge is 0.343 e. The minimum atomic E-state index is 0.285. The number of nitrogens with zero attached hydrogens (tertiary/aromatic N) is 2. The highest BCUT2D eigenvalue weighted by molar-refractivity contribution is 5.82. The SMILES string of the molecule is CN(C(=O)C1CCCC1)[C@@H]1CCc2cc3ccccc3n2C1. The van der Waals surface area contributed by atoms with Crippen molar-refractivity contribution in [2.24, 2.45) is 5.92 Å². The number of aromatic nitrogens is 1. The fourth-order valence-electron chi connectivity index (χ4n) is 4.26. The highest BCUT2D eigenvalue weighted by Crippen LogP contribution is 2.30. The zero-order valence-electron chi connectivity index (χ0n) is 13.3. The van der Waals surface area contributed by atoms with Gasteiger partial charge in [0.2, 0.25) is 5.91 Å². The zero-order valence-corrected chi connectivity index (χ0v) is 13.3. The van der Waals surface area contributed by atoms with Gasteiger partial charge in [-0.25, -0.2) is 0 Å². The number of aryl methyl sites for hydroxylation is 1. The van der Waals surface area contributed by atoms with E-state index in [9.17, 15) is 4.79 Å². The fraction of sp³-hybridized carbons (Fsp3) is 0.526. The molecular weight excluding hydrogens is 272 g/mol. The van der Waals surface area contributed by atoms with Crippen LogP contribution in [0.4, 0.5) is 0 Å². The Morgan fingerprint density at radius 1 is 1.18 bits per heavy atom. The first-order chi connectivity index (χ1) is 10.7. The van der Waals surface area contributed by atoms with E-state index in [0.29, 0.717) is 11.9 Å². The van der Waals surface area contributed by atoms with Gasteiger partial charge in [-0.15, -0.1) is 0 Å². The highest BCUT2D eigenvalue weighted by atomic mass is 16.2. The lowest BCUT2D eigenvalue weighted by atomic mass is 10.0. The van der Waals surface area contributed by atoms with Gasteiger partial charge in [0.15, 0.2) is 0 Å². The summed E-state index contributed by atoms with van der Waals surface area (Å²) in [6, 6.07) is 11.2. The molecule has 0 bridgehead atoms. The minimum absolute atomic E-state index is 0.285. The number of fused-ring (bicyclic) bond motifs is 3. The Kier molecular flexibility index (Phi) is 3.44. The second-order valence-corrected chi connectivity index (χ2v) is 6.93. The van der Waals surface area contributed by atoms with Gasteiger partial charge in [-0.2, -0.15) is 0 Å². The average Bonchev–Trinajstić information content (AvgIpc) is 3.20. The quantitative estimate of drug-likeness (QED) is 0.831. The molecule has 3 heteroatoms. The van der Waals surface area contributed by atoms with Crippen LogP contribution < -0.4 is 0 Å². The maximum absolute atomic E-state index is 12.7. The molecule has 1 fully saturated rings. The smallest absolute Gasteiger partial charge is 0.225 e. The standard InChI is InChI=1S/C19H24N2O/c1-20(19(22)14-6-2-3-7-14)17-11-10-16-12-15-8-4-5-9-18(15)21(16)13-17/h4-5,8-9,12,14,17H,2-3,6-7,10-11,13H2,1H3/t17-/m1/s1. The van der Waals surface area contributed by atoms with Crippen LogP contribution >= 0.6 is 0 Å². The summed E-state index contributed by atoms with van der Waals surface area (Å²) in [5.74, 6) is 0.662. The van der Waals surface area contributed by atoms with E-state index in [-0.39, 0.29) is 5.92 Å². The van der Waals surface area contributed by atoms with Crippen LogP contribution in [0, 0.1) is 5.92 Å². The predicted octanol–water partition coefficient (Wildman–Crippen LogP) is 3.60. The Hall–Kier alpha value is -1.77. The molecule has 0 spiro atoms. The van der Waals surface area contributed by atoms with Gasteiger partial charge in [-0.1, -0.05) is 31.0 Å². The topological polar surface area (TPSA) is 25.2 Å². The molecule has 1 saturated carbocycles. The molecule has 1 aliphatic heterocycles. The van der Waals surface area contributed by atoms with Crippen LogP contribution in [-0.4, -0.2) is 28.5 Å². The molecule has 3 nitrogen and oxygen atoms in total. The molecule has 1 amide bonds. The second kappa shape index (κ2) is 5.45. The van der Waals surface area contributed by atoms with E-state index in [1.54, 1.807) is 0 Å². The maximum atomic E-state index is 12.7. The van der Waals surface area contributed by atoms with Crippen molar-refractivity contribution in [2.45, 2.75) is 51.1 Å². The summed E-state index contributed by atoms with van der Waals surface area (Å²) in [7, 11) is 2.02. The van der Waals surface area contributed by atoms with Crippen molar-refractivity contribution in [3.05, 3.63) is 36.0 Å². The number of likely N-dealkylation sites (N-methyl/N-ethyl adjacent to an activating group) is 1. The van der Waals surface area contributed by atoms with Gasteiger partial charge < -0.3 is 9.47 Å². The number of para-hydroxylation sites is 1. The van der Waals surface area contributed by atoms with Crippen molar-refractivity contribution in [3.8, 4) is 0 Å². The van der Waals surface area contributed by atoms with Crippen LogP contribution in [0.5, 0.6) is 0 Å². The van der Waals surface area contributed by atoms with E-state index in [1.165, 1.54) is 29.4 Å². The van der Waals surface area contributed by atoms with E-state index in [1.807, 2.05) is 11.9 Å². The van der Waals surface area contributed by atoms with E-state index < -0.39 is 0 Å². The lowest BCUT2D eigenvalue weighted by molar-refractivity contribution is -0.136. The van der Waals surface area contributed by atoms with Gasteiger partial charge in [0, 0.05) is 36.8 Å². The Labute approximate surface area is 131 Å². The van der Waals surface area contributed by atoms with E-state index >= 15 is 0 Å². The zero-order chi connectivity index (χ0) is 15.1. The number of benzene rings is 1. The molecule has 2 aliphatic rings. The minimum Gasteiger partial charge on any atom is -0.343 e. The molecule has 0 unspecified atom stereocenters. The Morgan fingerprint density at radius 3 is 2.77 bits per heavy atom. The molecule has 0 N–H and O–H groups in total. The Morgan fingerprint density at radius 2 is 1.95 bits per heavy atom. The van der Waals surface area contributed by atoms with Crippen LogP contribution in [0.2, 0.25) is 0 Å². The van der Waals surface area contributed by atoms with Crippen molar-refractivity contribution in [1.29, 1.82) is 0 Å². The Bertz CT molecular complexity index is 697. The number of hydrogen-bond donors (Lipinski definition) is 0. The van der Waals surface area contributed by atoms with E-state index in [2.05, 4.69) is 34.9 Å². The third-order valence-electron chi connectivity index (χ3n) is 5.62. The molecule has 22 heavy (non-hydrogen) atoms. The number of carbonyl (C=O) groups excluding carboxylic acids is 1. The second-order valence-electron chi connectivity index (χ2n) is 6.93. The lowest BCUT2D eigenvalue weighted by Gasteiger charge is -2.34. The van der Waals surface area contributed by atoms with Crippen molar-refractivity contribution in [2.75, 3.05) is 7.05 Å². The monoisotopic (exact) mass is 296 g/mol. The van der Waals surface area contributed by atoms with Gasteiger partial charge in [0.25, 0.3) is 0 Å². The molecule has 1 aromatic heterocycles. The first-order valence-corrected chi connectivity index (χ1v) is 8.58. The summed E-state index contributed by atoms with van der Waals surface area (Å²) in [5.41, 5.74) is 2.73. The summed E-state index contributed by atoms with van der Waals surface area (Å²) >= 11 is 0. The number of carbonyl (C=O) groups is 1. The van der Waals surface area contributed by atoms with Crippen LogP contribution in [0.15, 0.2) is 30.3 Å². The number of rotatable bonds is 2. The molecule has 1 aromatic carbocycles. The molecule has 1 aliphatic carbocycles. The predicted molar refractivity (Wildman–Crippen MR) is 88.8 cm³/mol. The first-order valence-electron chi connectivity index (χ1n) is 8.58. The van der Waals surface area contributed by atoms with E-state index in [4.69, 9.17) is 0 Å². The summed E-state index contributed by atoms with van der Waals surface area (Å²) in [6.07, 6.45) is 6.79. The third kappa shape index (κ3) is 2.23. The summed E-state index contributed by atoms with van der Waals surface area (Å²) in [6.45, 7) is 0.942. The van der Waals surface area contributed by atoms with Gasteiger partial charge in [-0.3, -0.25) is 4.79 Å². The molecule has 0 saturated heterocycles. The van der Waals surface area contributed by atoms with Gasteiger partial charge in [0.05, 0.1) is 0 Å². The summed E-state index contributed by atoms with van der Waals surface area (Å²) < 4.78 is 2.42. The van der Waals surface area contributed by atoms with Crippen molar-refractivity contribution < 1.29 is 4.79 Å².